The van der Waals surface area contributed by atoms with Crippen LogP contribution in [0.15, 0.2) is 12.2 Å². The Morgan fingerprint density at radius 3 is 2.57 bits per heavy atom. The van der Waals surface area contributed by atoms with E-state index in [2.05, 4.69) is 20.4 Å². The minimum Gasteiger partial charge on any atom is -0.432 e. The van der Waals surface area contributed by atoms with Crippen LogP contribution in [0.4, 0.5) is 0 Å². The maximum absolute atomic E-state index is 10.6. The van der Waals surface area contributed by atoms with E-state index >= 15 is 0 Å². The van der Waals surface area contributed by atoms with Crippen LogP contribution in [0.5, 0.6) is 0 Å². The molecule has 2 N–H and O–H groups in total. The number of hydrogen-bond donors (Lipinski definition) is 2. The largest absolute Gasteiger partial charge is 0.432 e. The van der Waals surface area contributed by atoms with Gasteiger partial charge in [0.25, 0.3) is 0 Å². The van der Waals surface area contributed by atoms with E-state index in [1.54, 1.807) is 0 Å². The normalized spacial score (nSPS) is 33.7. The molecule has 1 saturated carbocycles. The highest BCUT2D eigenvalue weighted by Gasteiger charge is 2.43. The van der Waals surface area contributed by atoms with E-state index in [0.717, 1.165) is 44.3 Å². The molecule has 23 heavy (non-hydrogen) atoms. The van der Waals surface area contributed by atoms with Crippen molar-refractivity contribution in [3.05, 3.63) is 12.2 Å². The second-order valence-electron chi connectivity index (χ2n) is 8.46. The maximum Gasteiger partial charge on any atom is 0.188 e. The van der Waals surface area contributed by atoms with Gasteiger partial charge in [-0.05, 0) is 61.7 Å². The predicted octanol–water partition coefficient (Wildman–Crippen LogP) is 3.59. The lowest BCUT2D eigenvalue weighted by Gasteiger charge is -2.43. The molecule has 0 amide bonds. The SMILES string of the molecule is C=C1[C@H](CC(C)(C)[Si](C)(C)O)C[C@H](OC2CCCCO2)C[C@H]1O. The van der Waals surface area contributed by atoms with Crippen LogP contribution in [0.1, 0.15) is 52.4 Å². The topological polar surface area (TPSA) is 58.9 Å². The molecule has 0 aromatic heterocycles. The van der Waals surface area contributed by atoms with Crippen LogP contribution in [0.3, 0.4) is 0 Å². The minimum atomic E-state index is -2.27. The van der Waals surface area contributed by atoms with Crippen molar-refractivity contribution in [1.29, 1.82) is 0 Å². The van der Waals surface area contributed by atoms with Crippen molar-refractivity contribution in [1.82, 2.24) is 0 Å². The van der Waals surface area contributed by atoms with Crippen molar-refractivity contribution in [2.75, 3.05) is 6.61 Å². The molecule has 1 unspecified atom stereocenters. The summed E-state index contributed by atoms with van der Waals surface area (Å²) in [7, 11) is -2.27. The highest BCUT2D eigenvalue weighted by Crippen LogP contribution is 2.46. The van der Waals surface area contributed by atoms with Gasteiger partial charge in [0.15, 0.2) is 14.6 Å². The van der Waals surface area contributed by atoms with E-state index in [-0.39, 0.29) is 23.4 Å². The Hall–Kier alpha value is -0.203. The molecule has 2 rings (SSSR count). The third-order valence-corrected chi connectivity index (χ3v) is 9.40. The van der Waals surface area contributed by atoms with Gasteiger partial charge in [-0.25, -0.2) is 0 Å². The fraction of sp³-hybridized carbons (Fsp3) is 0.889. The summed E-state index contributed by atoms with van der Waals surface area (Å²) in [6.45, 7) is 13.1. The van der Waals surface area contributed by atoms with Crippen molar-refractivity contribution >= 4 is 8.32 Å². The van der Waals surface area contributed by atoms with Gasteiger partial charge in [-0.2, -0.15) is 0 Å². The van der Waals surface area contributed by atoms with Crippen molar-refractivity contribution in [3.63, 3.8) is 0 Å². The molecule has 134 valence electrons. The molecule has 0 bridgehead atoms. The second-order valence-corrected chi connectivity index (χ2v) is 12.9. The lowest BCUT2D eigenvalue weighted by Crippen LogP contribution is -2.43. The van der Waals surface area contributed by atoms with Crippen LogP contribution in [-0.4, -0.2) is 43.3 Å². The van der Waals surface area contributed by atoms with E-state index < -0.39 is 14.4 Å². The Morgan fingerprint density at radius 1 is 1.30 bits per heavy atom. The number of hydrogen-bond acceptors (Lipinski definition) is 4. The molecule has 2 aliphatic rings. The molecule has 1 heterocycles. The predicted molar refractivity (Wildman–Crippen MR) is 94.7 cm³/mol. The highest BCUT2D eigenvalue weighted by atomic mass is 28.4. The molecule has 1 aliphatic carbocycles. The molecule has 0 aromatic rings. The molecule has 4 nitrogen and oxygen atoms in total. The van der Waals surface area contributed by atoms with E-state index in [1.807, 2.05) is 13.1 Å². The highest BCUT2D eigenvalue weighted by molar-refractivity contribution is 6.72. The van der Waals surface area contributed by atoms with Gasteiger partial charge in [0.1, 0.15) is 0 Å². The van der Waals surface area contributed by atoms with E-state index in [0.29, 0.717) is 6.42 Å². The number of aliphatic hydroxyl groups excluding tert-OH is 1. The van der Waals surface area contributed by atoms with Crippen molar-refractivity contribution in [2.45, 2.75) is 89.0 Å². The summed E-state index contributed by atoms with van der Waals surface area (Å²) < 4.78 is 11.8. The first kappa shape index (κ1) is 19.1. The zero-order chi connectivity index (χ0) is 17.3. The summed E-state index contributed by atoms with van der Waals surface area (Å²) in [5.41, 5.74) is 0.903. The second kappa shape index (κ2) is 7.36. The molecule has 1 aliphatic heterocycles. The molecule has 0 radical (unpaired) electrons. The Labute approximate surface area is 142 Å². The van der Waals surface area contributed by atoms with Gasteiger partial charge in [0.05, 0.1) is 12.2 Å². The molecule has 2 fully saturated rings. The third-order valence-electron chi connectivity index (χ3n) is 5.88. The summed E-state index contributed by atoms with van der Waals surface area (Å²) in [5, 5.41) is 10.3. The van der Waals surface area contributed by atoms with Crippen LogP contribution in [0.25, 0.3) is 0 Å². The molecule has 4 atom stereocenters. The summed E-state index contributed by atoms with van der Waals surface area (Å²) in [5.74, 6) is 0.196. The minimum absolute atomic E-state index is 0.0165. The molecule has 5 heteroatoms. The molecule has 0 aromatic carbocycles. The zero-order valence-electron chi connectivity index (χ0n) is 15.2. The summed E-state index contributed by atoms with van der Waals surface area (Å²) in [6.07, 6.45) is 4.91. The third kappa shape index (κ3) is 4.89. The van der Waals surface area contributed by atoms with Gasteiger partial charge in [-0.15, -0.1) is 0 Å². The Kier molecular flexibility index (Phi) is 6.12. The fourth-order valence-corrected chi connectivity index (χ4v) is 4.21. The van der Waals surface area contributed by atoms with Crippen LogP contribution < -0.4 is 0 Å². The van der Waals surface area contributed by atoms with Crippen LogP contribution >= 0.6 is 0 Å². The monoisotopic (exact) mass is 342 g/mol. The smallest absolute Gasteiger partial charge is 0.188 e. The molecular formula is C18H34O4Si. The molecular weight excluding hydrogens is 308 g/mol. The lowest BCUT2D eigenvalue weighted by atomic mass is 9.77. The fourth-order valence-electron chi connectivity index (χ4n) is 3.46. The summed E-state index contributed by atoms with van der Waals surface area (Å²) >= 11 is 0. The van der Waals surface area contributed by atoms with Crippen LogP contribution in [-0.2, 0) is 9.47 Å². The zero-order valence-corrected chi connectivity index (χ0v) is 16.2. The number of aliphatic hydroxyl groups is 1. The van der Waals surface area contributed by atoms with Gasteiger partial charge in [-0.3, -0.25) is 0 Å². The van der Waals surface area contributed by atoms with Gasteiger partial charge in [-0.1, -0.05) is 20.4 Å². The maximum atomic E-state index is 10.6. The van der Waals surface area contributed by atoms with Gasteiger partial charge in [0, 0.05) is 13.0 Å². The van der Waals surface area contributed by atoms with E-state index in [1.165, 1.54) is 0 Å². The quantitative estimate of drug-likeness (QED) is 0.592. The van der Waals surface area contributed by atoms with Crippen molar-refractivity contribution in [3.8, 4) is 0 Å². The standard InChI is InChI=1S/C18H34O4Si/c1-13-14(12-18(2,3)23(4,5)20)10-15(11-16(13)19)22-17-8-6-7-9-21-17/h14-17,19-20H,1,6-12H2,2-5H3/t14-,15-,16+,17?/m0/s1. The lowest BCUT2D eigenvalue weighted by molar-refractivity contribution is -0.198. The van der Waals surface area contributed by atoms with Gasteiger partial charge >= 0.3 is 0 Å². The van der Waals surface area contributed by atoms with Crippen molar-refractivity contribution in [2.24, 2.45) is 5.92 Å². The van der Waals surface area contributed by atoms with Gasteiger partial charge in [0.2, 0.25) is 0 Å². The molecule has 0 spiro atoms. The first-order valence-corrected chi connectivity index (χ1v) is 11.9. The Bertz CT molecular complexity index is 410. The Balaban J connectivity index is 1.99. The van der Waals surface area contributed by atoms with Crippen LogP contribution in [0.2, 0.25) is 18.1 Å². The number of rotatable bonds is 5. The molecule has 1 saturated heterocycles. The first-order chi connectivity index (χ1) is 10.6. The van der Waals surface area contributed by atoms with Crippen LogP contribution in [0, 0.1) is 5.92 Å². The average molecular weight is 343 g/mol. The van der Waals surface area contributed by atoms with E-state index in [4.69, 9.17) is 9.47 Å². The Morgan fingerprint density at radius 2 is 2.00 bits per heavy atom. The average Bonchev–Trinajstić information content (AvgIpc) is 2.44. The summed E-state index contributed by atoms with van der Waals surface area (Å²) in [4.78, 5) is 10.6. The summed E-state index contributed by atoms with van der Waals surface area (Å²) in [6, 6.07) is 0. The number of ether oxygens (including phenoxy) is 2. The first-order valence-electron chi connectivity index (χ1n) is 8.96. The van der Waals surface area contributed by atoms with Gasteiger partial charge < -0.3 is 19.4 Å². The van der Waals surface area contributed by atoms with Crippen molar-refractivity contribution < 1.29 is 19.4 Å². The van der Waals surface area contributed by atoms with E-state index in [9.17, 15) is 9.90 Å².